The summed E-state index contributed by atoms with van der Waals surface area (Å²) >= 11 is -2.02. The Morgan fingerprint density at radius 3 is 2.44 bits per heavy atom. The number of nitrogens with zero attached hydrogens (tertiary/aromatic N) is 3. The van der Waals surface area contributed by atoms with Crippen molar-refractivity contribution >= 4 is 22.7 Å². The first kappa shape index (κ1) is 12.5. The van der Waals surface area contributed by atoms with Crippen LogP contribution in [-0.2, 0) is 11.1 Å². The molecule has 0 saturated carbocycles. The monoisotopic (exact) mass is 268 g/mol. The summed E-state index contributed by atoms with van der Waals surface area (Å²) < 4.78 is 32.5. The first-order chi connectivity index (χ1) is 8.54. The van der Waals surface area contributed by atoms with Gasteiger partial charge in [0.25, 0.3) is 0 Å². The molecule has 2 N–H and O–H groups in total. The fraction of sp³-hybridized carbons (Fsp3) is 0.100. The maximum Gasteiger partial charge on any atom is 0.313 e. The van der Waals surface area contributed by atoms with Gasteiger partial charge in [-0.3, -0.25) is 0 Å². The van der Waals surface area contributed by atoms with Crippen LogP contribution in [0.25, 0.3) is 0 Å². The van der Waals surface area contributed by atoms with E-state index in [9.17, 15) is 8.60 Å². The van der Waals surface area contributed by atoms with Gasteiger partial charge in [-0.15, -0.1) is 0 Å². The lowest BCUT2D eigenvalue weighted by molar-refractivity contribution is 0.529. The molecule has 0 radical (unpaired) electrons. The zero-order valence-electron chi connectivity index (χ0n) is 9.29. The first-order valence-electron chi connectivity index (χ1n) is 4.91. The third-order valence-electron chi connectivity index (χ3n) is 2.03. The van der Waals surface area contributed by atoms with Crippen LogP contribution in [0.5, 0.6) is 0 Å². The summed E-state index contributed by atoms with van der Waals surface area (Å²) in [5, 5.41) is 2.77. The topological polar surface area (TPSA) is 88.0 Å². The highest BCUT2D eigenvalue weighted by molar-refractivity contribution is 7.79. The Kier molecular flexibility index (Phi) is 3.58. The van der Waals surface area contributed by atoms with E-state index in [1.807, 2.05) is 0 Å². The lowest BCUT2D eigenvalue weighted by atomic mass is 10.3. The summed E-state index contributed by atoms with van der Waals surface area (Å²) in [7, 11) is 0. The Balaban J connectivity index is 2.20. The van der Waals surface area contributed by atoms with Crippen LogP contribution in [0, 0.1) is 13.0 Å². The summed E-state index contributed by atoms with van der Waals surface area (Å²) in [6.07, 6.45) is -0.863. The molecule has 0 aliphatic carbocycles. The Morgan fingerprint density at radius 2 is 1.89 bits per heavy atom. The van der Waals surface area contributed by atoms with Crippen LogP contribution >= 0.6 is 0 Å². The van der Waals surface area contributed by atoms with E-state index in [0.29, 0.717) is 5.69 Å². The molecule has 1 atom stereocenters. The van der Waals surface area contributed by atoms with Crippen LogP contribution in [-0.4, -0.2) is 23.7 Å². The van der Waals surface area contributed by atoms with Crippen LogP contribution in [0.4, 0.5) is 16.0 Å². The molecular weight excluding hydrogens is 259 g/mol. The average Bonchev–Trinajstić information content (AvgIpc) is 2.28. The summed E-state index contributed by atoms with van der Waals surface area (Å²) in [5.74, 6) is 0.343. The van der Waals surface area contributed by atoms with E-state index in [-0.39, 0.29) is 16.7 Å². The third kappa shape index (κ3) is 3.05. The highest BCUT2D eigenvalue weighted by Gasteiger charge is 2.04. The molecule has 0 amide bonds. The van der Waals surface area contributed by atoms with Gasteiger partial charge >= 0.3 is 6.08 Å². The van der Waals surface area contributed by atoms with E-state index in [4.69, 9.17) is 4.55 Å². The van der Waals surface area contributed by atoms with Crippen LogP contribution in [0.2, 0.25) is 0 Å². The van der Waals surface area contributed by atoms with Gasteiger partial charge in [-0.2, -0.15) is 19.3 Å². The number of rotatable bonds is 3. The minimum absolute atomic E-state index is 0.0814. The smallest absolute Gasteiger partial charge is 0.313 e. The lowest BCUT2D eigenvalue weighted by Gasteiger charge is -2.05. The molecule has 0 bridgehead atoms. The average molecular weight is 268 g/mol. The molecule has 18 heavy (non-hydrogen) atoms. The predicted octanol–water partition coefficient (Wildman–Crippen LogP) is 1.64. The number of halogens is 1. The van der Waals surface area contributed by atoms with Gasteiger partial charge in [0.1, 0.15) is 5.82 Å². The number of nitrogens with one attached hydrogen (secondary N) is 1. The second kappa shape index (κ2) is 5.15. The standard InChI is InChI=1S/C10H9FN4O2S/c1-6-12-9(11)15-10(13-6)14-7-2-4-8(5-3-7)18(16)17/h2-5H,1H3,(H,16,17)(H,12,13,14,15). The van der Waals surface area contributed by atoms with E-state index in [0.717, 1.165) is 0 Å². The molecule has 2 aromatic rings. The highest BCUT2D eigenvalue weighted by Crippen LogP contribution is 2.15. The van der Waals surface area contributed by atoms with Crippen molar-refractivity contribution < 1.29 is 13.2 Å². The number of hydrogen-bond donors (Lipinski definition) is 2. The molecule has 0 aliphatic rings. The molecule has 94 valence electrons. The van der Waals surface area contributed by atoms with Crippen molar-refractivity contribution in [3.8, 4) is 0 Å². The first-order valence-corrected chi connectivity index (χ1v) is 6.01. The van der Waals surface area contributed by atoms with Crippen LogP contribution in [0.1, 0.15) is 5.82 Å². The van der Waals surface area contributed by atoms with Gasteiger partial charge < -0.3 is 9.87 Å². The summed E-state index contributed by atoms with van der Waals surface area (Å²) in [6, 6.07) is 6.09. The maximum atomic E-state index is 12.9. The van der Waals surface area contributed by atoms with E-state index in [1.54, 1.807) is 19.1 Å². The van der Waals surface area contributed by atoms with Crippen LogP contribution in [0.3, 0.4) is 0 Å². The molecule has 1 unspecified atom stereocenters. The molecule has 6 nitrogen and oxygen atoms in total. The van der Waals surface area contributed by atoms with Crippen molar-refractivity contribution in [1.29, 1.82) is 0 Å². The molecule has 1 aromatic heterocycles. The van der Waals surface area contributed by atoms with E-state index in [2.05, 4.69) is 20.3 Å². The van der Waals surface area contributed by atoms with Crippen molar-refractivity contribution in [2.45, 2.75) is 11.8 Å². The van der Waals surface area contributed by atoms with Crippen molar-refractivity contribution in [1.82, 2.24) is 15.0 Å². The summed E-state index contributed by atoms with van der Waals surface area (Å²) in [4.78, 5) is 11.1. The van der Waals surface area contributed by atoms with Gasteiger partial charge in [0, 0.05) is 5.69 Å². The Bertz CT molecular complexity index is 571. The van der Waals surface area contributed by atoms with E-state index < -0.39 is 17.2 Å². The van der Waals surface area contributed by atoms with E-state index >= 15 is 0 Å². The molecular formula is C10H9FN4O2S. The maximum absolute atomic E-state index is 12.9. The number of aryl methyl sites for hydroxylation is 1. The largest absolute Gasteiger partial charge is 0.324 e. The molecule has 1 heterocycles. The molecule has 2 rings (SSSR count). The van der Waals surface area contributed by atoms with Crippen LogP contribution in [0.15, 0.2) is 29.2 Å². The minimum Gasteiger partial charge on any atom is -0.324 e. The van der Waals surface area contributed by atoms with Gasteiger partial charge in [0.05, 0.1) is 4.90 Å². The Labute approximate surface area is 105 Å². The number of benzene rings is 1. The van der Waals surface area contributed by atoms with Crippen molar-refractivity contribution in [2.75, 3.05) is 5.32 Å². The second-order valence-electron chi connectivity index (χ2n) is 3.37. The molecule has 0 fully saturated rings. The number of hydrogen-bond acceptors (Lipinski definition) is 5. The SMILES string of the molecule is Cc1nc(F)nc(Nc2ccc(S(=O)O)cc2)n1. The Hall–Kier alpha value is -1.93. The number of aromatic nitrogens is 3. The second-order valence-corrected chi connectivity index (χ2v) is 4.34. The fourth-order valence-corrected chi connectivity index (χ4v) is 1.66. The summed E-state index contributed by atoms with van der Waals surface area (Å²) in [6.45, 7) is 1.55. The van der Waals surface area contributed by atoms with E-state index in [1.165, 1.54) is 12.1 Å². The molecule has 1 aromatic carbocycles. The van der Waals surface area contributed by atoms with Gasteiger partial charge in [0.2, 0.25) is 5.95 Å². The van der Waals surface area contributed by atoms with Crippen molar-refractivity contribution in [3.05, 3.63) is 36.2 Å². The summed E-state index contributed by atoms with van der Waals surface area (Å²) in [5.41, 5.74) is 0.578. The molecule has 0 spiro atoms. The quantitative estimate of drug-likeness (QED) is 0.823. The molecule has 8 heteroatoms. The van der Waals surface area contributed by atoms with Gasteiger partial charge in [-0.1, -0.05) is 0 Å². The molecule has 0 saturated heterocycles. The van der Waals surface area contributed by atoms with Crippen LogP contribution < -0.4 is 5.32 Å². The van der Waals surface area contributed by atoms with Gasteiger partial charge in [-0.05, 0) is 31.2 Å². The normalized spacial score (nSPS) is 12.2. The van der Waals surface area contributed by atoms with Gasteiger partial charge in [-0.25, -0.2) is 4.21 Å². The fourth-order valence-electron chi connectivity index (χ4n) is 1.29. The molecule has 0 aliphatic heterocycles. The zero-order chi connectivity index (χ0) is 13.1. The highest BCUT2D eigenvalue weighted by atomic mass is 32.2. The van der Waals surface area contributed by atoms with Crippen molar-refractivity contribution in [3.63, 3.8) is 0 Å². The number of anilines is 2. The predicted molar refractivity (Wildman–Crippen MR) is 63.3 cm³/mol. The zero-order valence-corrected chi connectivity index (χ0v) is 10.1. The Morgan fingerprint density at radius 1 is 1.22 bits per heavy atom. The minimum atomic E-state index is -2.02. The third-order valence-corrected chi connectivity index (χ3v) is 2.71. The van der Waals surface area contributed by atoms with Gasteiger partial charge in [0.15, 0.2) is 11.1 Å². The lowest BCUT2D eigenvalue weighted by Crippen LogP contribution is -2.03. The van der Waals surface area contributed by atoms with Crippen molar-refractivity contribution in [2.24, 2.45) is 0 Å².